The summed E-state index contributed by atoms with van der Waals surface area (Å²) in [6.07, 6.45) is 7.34. The predicted octanol–water partition coefficient (Wildman–Crippen LogP) is 3.36. The van der Waals surface area contributed by atoms with Gasteiger partial charge in [-0.2, -0.15) is 0 Å². The van der Waals surface area contributed by atoms with Gasteiger partial charge in [-0.05, 0) is 12.8 Å². The Morgan fingerprint density at radius 3 is 1.54 bits per heavy atom. The largest absolute Gasteiger partial charge is 0.355 e. The van der Waals surface area contributed by atoms with Crippen molar-refractivity contribution in [2.45, 2.75) is 52.4 Å². The second-order valence-corrected chi connectivity index (χ2v) is 3.35. The molecule has 80 valence electrons. The summed E-state index contributed by atoms with van der Waals surface area (Å²) in [4.78, 5) is 0. The Kier molecular flexibility index (Phi) is 11.8. The van der Waals surface area contributed by atoms with Crippen molar-refractivity contribution >= 4 is 0 Å². The van der Waals surface area contributed by atoms with Crippen molar-refractivity contribution < 1.29 is 9.47 Å². The number of unbranched alkanes of at least 4 members (excludes halogenated alkanes) is 4. The highest BCUT2D eigenvalue weighted by atomic mass is 16.7. The average molecular weight is 188 g/mol. The molecule has 0 aliphatic rings. The highest BCUT2D eigenvalue weighted by Gasteiger charge is 1.89. The molecular weight excluding hydrogens is 164 g/mol. The molecule has 0 N–H and O–H groups in total. The van der Waals surface area contributed by atoms with E-state index in [2.05, 4.69) is 13.8 Å². The van der Waals surface area contributed by atoms with Gasteiger partial charge in [0.25, 0.3) is 0 Å². The van der Waals surface area contributed by atoms with Crippen LogP contribution in [0.1, 0.15) is 52.4 Å². The minimum atomic E-state index is 0.480. The smallest absolute Gasteiger partial charge is 0.146 e. The maximum atomic E-state index is 5.29. The monoisotopic (exact) mass is 188 g/mol. The topological polar surface area (TPSA) is 18.5 Å². The van der Waals surface area contributed by atoms with E-state index in [1.165, 1.54) is 25.7 Å². The SMILES string of the molecule is CCCCCOCOCCCCC. The van der Waals surface area contributed by atoms with Gasteiger partial charge in [0, 0.05) is 13.2 Å². The highest BCUT2D eigenvalue weighted by molar-refractivity contribution is 4.36. The normalized spacial score (nSPS) is 10.6. The standard InChI is InChI=1S/C11H24O2/c1-3-5-7-9-12-11-13-10-8-6-4-2/h3-11H2,1-2H3. The van der Waals surface area contributed by atoms with Crippen LogP contribution < -0.4 is 0 Å². The lowest BCUT2D eigenvalue weighted by Gasteiger charge is -2.04. The van der Waals surface area contributed by atoms with Crippen molar-refractivity contribution in [2.24, 2.45) is 0 Å². The number of rotatable bonds is 10. The first-order valence-corrected chi connectivity index (χ1v) is 5.57. The molecule has 0 aromatic rings. The summed E-state index contributed by atoms with van der Waals surface area (Å²) in [5, 5.41) is 0. The Morgan fingerprint density at radius 2 is 1.15 bits per heavy atom. The number of hydrogen-bond acceptors (Lipinski definition) is 2. The van der Waals surface area contributed by atoms with E-state index < -0.39 is 0 Å². The first-order valence-electron chi connectivity index (χ1n) is 5.57. The lowest BCUT2D eigenvalue weighted by atomic mass is 10.3. The van der Waals surface area contributed by atoms with E-state index >= 15 is 0 Å². The van der Waals surface area contributed by atoms with Crippen molar-refractivity contribution in [1.82, 2.24) is 0 Å². The lowest BCUT2D eigenvalue weighted by molar-refractivity contribution is -0.0554. The summed E-state index contributed by atoms with van der Waals surface area (Å²) in [6.45, 7) is 6.57. The molecule has 0 saturated heterocycles. The summed E-state index contributed by atoms with van der Waals surface area (Å²) in [5.41, 5.74) is 0. The zero-order valence-electron chi connectivity index (χ0n) is 9.18. The van der Waals surface area contributed by atoms with Crippen LogP contribution >= 0.6 is 0 Å². The van der Waals surface area contributed by atoms with Gasteiger partial charge in [-0.15, -0.1) is 0 Å². The van der Waals surface area contributed by atoms with Crippen LogP contribution in [0, 0.1) is 0 Å². The Labute approximate surface area is 82.6 Å². The van der Waals surface area contributed by atoms with Crippen molar-refractivity contribution in [3.8, 4) is 0 Å². The van der Waals surface area contributed by atoms with Gasteiger partial charge in [-0.3, -0.25) is 0 Å². The predicted molar refractivity (Wildman–Crippen MR) is 55.8 cm³/mol. The quantitative estimate of drug-likeness (QED) is 0.386. The number of ether oxygens (including phenoxy) is 2. The molecule has 13 heavy (non-hydrogen) atoms. The van der Waals surface area contributed by atoms with Gasteiger partial charge in [0.2, 0.25) is 0 Å². The molecule has 0 radical (unpaired) electrons. The zero-order chi connectivity index (χ0) is 9.78. The van der Waals surface area contributed by atoms with Crippen molar-refractivity contribution in [3.05, 3.63) is 0 Å². The Morgan fingerprint density at radius 1 is 0.692 bits per heavy atom. The molecule has 2 heteroatoms. The Bertz CT molecular complexity index is 74.2. The van der Waals surface area contributed by atoms with Gasteiger partial charge in [-0.25, -0.2) is 0 Å². The molecule has 0 aliphatic carbocycles. The lowest BCUT2D eigenvalue weighted by Crippen LogP contribution is -2.02. The van der Waals surface area contributed by atoms with Gasteiger partial charge in [0.15, 0.2) is 0 Å². The molecule has 0 aromatic carbocycles. The maximum absolute atomic E-state index is 5.29. The van der Waals surface area contributed by atoms with E-state index in [4.69, 9.17) is 9.47 Å². The Hall–Kier alpha value is -0.0800. The van der Waals surface area contributed by atoms with Crippen molar-refractivity contribution in [3.63, 3.8) is 0 Å². The van der Waals surface area contributed by atoms with Crippen LogP contribution in [0.4, 0.5) is 0 Å². The fraction of sp³-hybridized carbons (Fsp3) is 1.00. The highest BCUT2D eigenvalue weighted by Crippen LogP contribution is 1.96. The van der Waals surface area contributed by atoms with E-state index in [1.807, 2.05) is 0 Å². The summed E-state index contributed by atoms with van der Waals surface area (Å²) in [7, 11) is 0. The third-order valence-corrected chi connectivity index (χ3v) is 1.95. The minimum absolute atomic E-state index is 0.480. The fourth-order valence-electron chi connectivity index (χ4n) is 1.09. The first-order chi connectivity index (χ1) is 6.41. The summed E-state index contributed by atoms with van der Waals surface area (Å²) in [5.74, 6) is 0. The molecule has 0 amide bonds. The molecule has 0 rings (SSSR count). The van der Waals surface area contributed by atoms with E-state index in [0.717, 1.165) is 26.1 Å². The van der Waals surface area contributed by atoms with E-state index in [-0.39, 0.29) is 0 Å². The second kappa shape index (κ2) is 11.9. The van der Waals surface area contributed by atoms with Gasteiger partial charge >= 0.3 is 0 Å². The van der Waals surface area contributed by atoms with Crippen LogP contribution in [0.15, 0.2) is 0 Å². The molecule has 0 aromatic heterocycles. The molecule has 0 saturated carbocycles. The van der Waals surface area contributed by atoms with E-state index in [0.29, 0.717) is 6.79 Å². The van der Waals surface area contributed by atoms with Gasteiger partial charge < -0.3 is 9.47 Å². The molecule has 0 bridgehead atoms. The molecule has 0 unspecified atom stereocenters. The zero-order valence-corrected chi connectivity index (χ0v) is 9.18. The molecule has 0 aliphatic heterocycles. The fourth-order valence-corrected chi connectivity index (χ4v) is 1.09. The van der Waals surface area contributed by atoms with Crippen LogP contribution in [0.25, 0.3) is 0 Å². The van der Waals surface area contributed by atoms with Crippen LogP contribution in [0.5, 0.6) is 0 Å². The van der Waals surface area contributed by atoms with Crippen molar-refractivity contribution in [2.75, 3.05) is 20.0 Å². The van der Waals surface area contributed by atoms with Crippen molar-refractivity contribution in [1.29, 1.82) is 0 Å². The molecule has 2 nitrogen and oxygen atoms in total. The van der Waals surface area contributed by atoms with Gasteiger partial charge in [-0.1, -0.05) is 39.5 Å². The van der Waals surface area contributed by atoms with E-state index in [1.54, 1.807) is 0 Å². The van der Waals surface area contributed by atoms with Crippen LogP contribution in [0.3, 0.4) is 0 Å². The summed E-state index contributed by atoms with van der Waals surface area (Å²) in [6, 6.07) is 0. The first kappa shape index (κ1) is 12.9. The van der Waals surface area contributed by atoms with Crippen LogP contribution in [-0.4, -0.2) is 20.0 Å². The maximum Gasteiger partial charge on any atom is 0.146 e. The van der Waals surface area contributed by atoms with Crippen LogP contribution in [-0.2, 0) is 9.47 Å². The average Bonchev–Trinajstić information content (AvgIpc) is 2.16. The third-order valence-electron chi connectivity index (χ3n) is 1.95. The molecule has 0 spiro atoms. The Balaban J connectivity index is 2.76. The molecule has 0 fully saturated rings. The van der Waals surface area contributed by atoms with Gasteiger partial charge in [0.05, 0.1) is 0 Å². The summed E-state index contributed by atoms with van der Waals surface area (Å²) >= 11 is 0. The van der Waals surface area contributed by atoms with Gasteiger partial charge in [0.1, 0.15) is 6.79 Å². The van der Waals surface area contributed by atoms with E-state index in [9.17, 15) is 0 Å². The summed E-state index contributed by atoms with van der Waals surface area (Å²) < 4.78 is 10.6. The molecule has 0 atom stereocenters. The second-order valence-electron chi connectivity index (χ2n) is 3.35. The molecule has 0 heterocycles. The van der Waals surface area contributed by atoms with Crippen LogP contribution in [0.2, 0.25) is 0 Å². The third kappa shape index (κ3) is 11.9. The minimum Gasteiger partial charge on any atom is -0.355 e. The number of hydrogen-bond donors (Lipinski definition) is 0. The molecular formula is C11H24O2.